The fourth-order valence-electron chi connectivity index (χ4n) is 4.44. The first-order chi connectivity index (χ1) is 16.9. The number of aromatic nitrogens is 1. The standard InChI is InChI=1S/C27H33N3O5/c1-18(2)17-35-22-7-6-20(15-19(22)3)25(31)23-24(21-5-4-8-28-16-21)30(27(33)26(23)32)10-9-29-11-13-34-14-12-29/h4-8,15-16,18,24,31H,9-14,17H2,1-3H3/t24-/m1/s1. The van der Waals surface area contributed by atoms with Crippen molar-refractivity contribution >= 4 is 17.4 Å². The first kappa shape index (κ1) is 24.9. The Morgan fingerprint density at radius 2 is 1.97 bits per heavy atom. The van der Waals surface area contributed by atoms with Crippen LogP contribution in [0.15, 0.2) is 48.3 Å². The molecule has 1 aromatic carbocycles. The quantitative estimate of drug-likeness (QED) is 0.353. The van der Waals surface area contributed by atoms with Gasteiger partial charge in [0.15, 0.2) is 0 Å². The van der Waals surface area contributed by atoms with Crippen LogP contribution < -0.4 is 4.74 Å². The summed E-state index contributed by atoms with van der Waals surface area (Å²) in [6.07, 6.45) is 3.28. The van der Waals surface area contributed by atoms with E-state index in [0.29, 0.717) is 50.0 Å². The number of likely N-dealkylation sites (tertiary alicyclic amines) is 1. The number of nitrogens with zero attached hydrogens (tertiary/aromatic N) is 3. The van der Waals surface area contributed by atoms with Crippen LogP contribution in [0.4, 0.5) is 0 Å². The molecule has 8 heteroatoms. The predicted octanol–water partition coefficient (Wildman–Crippen LogP) is 3.18. The number of carbonyl (C=O) groups excluding carboxylic acids is 2. The zero-order valence-electron chi connectivity index (χ0n) is 20.6. The van der Waals surface area contributed by atoms with E-state index in [4.69, 9.17) is 9.47 Å². The Hall–Kier alpha value is -3.23. The molecule has 4 rings (SSSR count). The molecule has 3 heterocycles. The molecule has 8 nitrogen and oxygen atoms in total. The maximum absolute atomic E-state index is 13.2. The Morgan fingerprint density at radius 1 is 1.20 bits per heavy atom. The van der Waals surface area contributed by atoms with Gasteiger partial charge in [0.2, 0.25) is 0 Å². The smallest absolute Gasteiger partial charge is 0.295 e. The van der Waals surface area contributed by atoms with Crippen LogP contribution in [0.25, 0.3) is 5.76 Å². The first-order valence-electron chi connectivity index (χ1n) is 12.1. The molecule has 2 aliphatic rings. The molecule has 2 saturated heterocycles. The molecule has 2 fully saturated rings. The number of Topliss-reactive ketones (excluding diaryl/α,β-unsaturated/α-hetero) is 1. The van der Waals surface area contributed by atoms with Gasteiger partial charge in [-0.05, 0) is 48.2 Å². The third-order valence-electron chi connectivity index (χ3n) is 6.32. The van der Waals surface area contributed by atoms with E-state index in [1.54, 1.807) is 41.6 Å². The first-order valence-corrected chi connectivity index (χ1v) is 12.1. The molecule has 1 aromatic heterocycles. The number of carbonyl (C=O) groups is 2. The van der Waals surface area contributed by atoms with E-state index < -0.39 is 17.7 Å². The summed E-state index contributed by atoms with van der Waals surface area (Å²) in [6.45, 7) is 10.5. The van der Waals surface area contributed by atoms with Crippen molar-refractivity contribution in [2.45, 2.75) is 26.8 Å². The normalized spacial score (nSPS) is 20.6. The fraction of sp³-hybridized carbons (Fsp3) is 0.444. The van der Waals surface area contributed by atoms with E-state index in [-0.39, 0.29) is 11.3 Å². The number of ether oxygens (including phenoxy) is 2. The van der Waals surface area contributed by atoms with Crippen molar-refractivity contribution in [1.29, 1.82) is 0 Å². The molecule has 0 unspecified atom stereocenters. The van der Waals surface area contributed by atoms with Gasteiger partial charge >= 0.3 is 0 Å². The highest BCUT2D eigenvalue weighted by Gasteiger charge is 2.46. The van der Waals surface area contributed by atoms with Gasteiger partial charge in [-0.2, -0.15) is 0 Å². The van der Waals surface area contributed by atoms with Gasteiger partial charge in [-0.25, -0.2) is 0 Å². The van der Waals surface area contributed by atoms with Crippen LogP contribution in [0.1, 0.15) is 36.6 Å². The summed E-state index contributed by atoms with van der Waals surface area (Å²) in [4.78, 5) is 34.3. The topological polar surface area (TPSA) is 92.2 Å². The van der Waals surface area contributed by atoms with Gasteiger partial charge in [0, 0.05) is 44.1 Å². The van der Waals surface area contributed by atoms with Crippen molar-refractivity contribution in [3.63, 3.8) is 0 Å². The minimum absolute atomic E-state index is 0.0835. The lowest BCUT2D eigenvalue weighted by molar-refractivity contribution is -0.140. The Bertz CT molecular complexity index is 1090. The third-order valence-corrected chi connectivity index (χ3v) is 6.32. The van der Waals surface area contributed by atoms with Crippen LogP contribution in [0.3, 0.4) is 0 Å². The number of benzene rings is 1. The molecule has 186 valence electrons. The summed E-state index contributed by atoms with van der Waals surface area (Å²) in [7, 11) is 0. The number of morpholine rings is 1. The van der Waals surface area contributed by atoms with Gasteiger partial charge in [-0.3, -0.25) is 19.5 Å². The van der Waals surface area contributed by atoms with Gasteiger partial charge in [-0.1, -0.05) is 19.9 Å². The van der Waals surface area contributed by atoms with Crippen LogP contribution >= 0.6 is 0 Å². The largest absolute Gasteiger partial charge is 0.507 e. The second-order valence-corrected chi connectivity index (χ2v) is 9.42. The number of amides is 1. The zero-order chi connectivity index (χ0) is 24.9. The van der Waals surface area contributed by atoms with E-state index in [1.165, 1.54) is 0 Å². The number of ketones is 1. The SMILES string of the molecule is Cc1cc(C(O)=C2C(=O)C(=O)N(CCN3CCOCC3)[C@@H]2c2cccnc2)ccc1OCC(C)C. The zero-order valence-corrected chi connectivity index (χ0v) is 20.6. The van der Waals surface area contributed by atoms with Crippen molar-refractivity contribution in [2.24, 2.45) is 5.92 Å². The van der Waals surface area contributed by atoms with Crippen molar-refractivity contribution in [3.8, 4) is 5.75 Å². The molecular weight excluding hydrogens is 446 g/mol. The van der Waals surface area contributed by atoms with Gasteiger partial charge in [-0.15, -0.1) is 0 Å². The number of pyridine rings is 1. The highest BCUT2D eigenvalue weighted by atomic mass is 16.5. The summed E-state index contributed by atoms with van der Waals surface area (Å²) in [5.74, 6) is -0.372. The lowest BCUT2D eigenvalue weighted by Gasteiger charge is -2.30. The van der Waals surface area contributed by atoms with Gasteiger partial charge in [0.05, 0.1) is 31.4 Å². The monoisotopic (exact) mass is 479 g/mol. The van der Waals surface area contributed by atoms with Gasteiger partial charge in [0.1, 0.15) is 11.5 Å². The number of hydrogen-bond donors (Lipinski definition) is 1. The van der Waals surface area contributed by atoms with E-state index in [1.807, 2.05) is 13.0 Å². The van der Waals surface area contributed by atoms with Crippen molar-refractivity contribution in [3.05, 3.63) is 65.0 Å². The molecule has 1 amide bonds. The summed E-state index contributed by atoms with van der Waals surface area (Å²) in [5, 5.41) is 11.3. The highest BCUT2D eigenvalue weighted by Crippen LogP contribution is 2.39. The fourth-order valence-corrected chi connectivity index (χ4v) is 4.44. The maximum atomic E-state index is 13.2. The van der Waals surface area contributed by atoms with Crippen LogP contribution in [-0.2, 0) is 14.3 Å². The van der Waals surface area contributed by atoms with Crippen LogP contribution in [0.2, 0.25) is 0 Å². The lowest BCUT2D eigenvalue weighted by atomic mass is 9.95. The van der Waals surface area contributed by atoms with Crippen molar-refractivity contribution < 1.29 is 24.2 Å². The average molecular weight is 480 g/mol. The number of aryl methyl sites for hydroxylation is 1. The number of aliphatic hydroxyl groups excluding tert-OH is 1. The van der Waals surface area contributed by atoms with Crippen LogP contribution in [-0.4, -0.2) is 77.6 Å². The summed E-state index contributed by atoms with van der Waals surface area (Å²) in [6, 6.07) is 8.18. The van der Waals surface area contributed by atoms with E-state index >= 15 is 0 Å². The number of rotatable bonds is 8. The molecule has 2 aliphatic heterocycles. The summed E-state index contributed by atoms with van der Waals surface area (Å²) in [5.41, 5.74) is 2.08. The molecule has 0 saturated carbocycles. The molecular formula is C27H33N3O5. The maximum Gasteiger partial charge on any atom is 0.295 e. The minimum Gasteiger partial charge on any atom is -0.507 e. The summed E-state index contributed by atoms with van der Waals surface area (Å²) < 4.78 is 11.3. The van der Waals surface area contributed by atoms with Crippen molar-refractivity contribution in [2.75, 3.05) is 46.0 Å². The molecule has 1 N–H and O–H groups in total. The average Bonchev–Trinajstić information content (AvgIpc) is 3.12. The second kappa shape index (κ2) is 11.0. The number of aliphatic hydroxyl groups is 1. The molecule has 0 aliphatic carbocycles. The van der Waals surface area contributed by atoms with Gasteiger partial charge in [0.25, 0.3) is 11.7 Å². The second-order valence-electron chi connectivity index (χ2n) is 9.42. The Balaban J connectivity index is 1.67. The van der Waals surface area contributed by atoms with Crippen molar-refractivity contribution in [1.82, 2.24) is 14.8 Å². The highest BCUT2D eigenvalue weighted by molar-refractivity contribution is 6.46. The molecule has 1 atom stereocenters. The predicted molar refractivity (Wildman–Crippen MR) is 132 cm³/mol. The molecule has 0 spiro atoms. The Kier molecular flexibility index (Phi) is 7.83. The number of hydrogen-bond acceptors (Lipinski definition) is 7. The lowest BCUT2D eigenvalue weighted by Crippen LogP contribution is -2.42. The van der Waals surface area contributed by atoms with E-state index in [0.717, 1.165) is 24.4 Å². The van der Waals surface area contributed by atoms with E-state index in [2.05, 4.69) is 23.7 Å². The summed E-state index contributed by atoms with van der Waals surface area (Å²) >= 11 is 0. The molecule has 2 aromatic rings. The molecule has 0 radical (unpaired) electrons. The van der Waals surface area contributed by atoms with E-state index in [9.17, 15) is 14.7 Å². The van der Waals surface area contributed by atoms with Crippen LogP contribution in [0.5, 0.6) is 5.75 Å². The van der Waals surface area contributed by atoms with Crippen LogP contribution in [0, 0.1) is 12.8 Å². The van der Waals surface area contributed by atoms with Gasteiger partial charge < -0.3 is 19.5 Å². The Labute approximate surface area is 206 Å². The Morgan fingerprint density at radius 3 is 2.63 bits per heavy atom. The molecule has 35 heavy (non-hydrogen) atoms. The third kappa shape index (κ3) is 5.55. The molecule has 0 bridgehead atoms. The minimum atomic E-state index is -0.707.